The molecule has 8 heteroatoms. The summed E-state index contributed by atoms with van der Waals surface area (Å²) in [6.45, 7) is 6.79. The van der Waals surface area contributed by atoms with Gasteiger partial charge in [0, 0.05) is 17.7 Å². The third-order valence-electron chi connectivity index (χ3n) is 4.31. The number of ether oxygens (including phenoxy) is 1. The highest BCUT2D eigenvalue weighted by atomic mass is 16.5. The molecule has 0 spiro atoms. The second kappa shape index (κ2) is 10.1. The maximum Gasteiger partial charge on any atom is 0.269 e. The van der Waals surface area contributed by atoms with Crippen molar-refractivity contribution in [1.82, 2.24) is 20.6 Å². The maximum atomic E-state index is 12.1. The van der Waals surface area contributed by atoms with Crippen molar-refractivity contribution in [1.29, 1.82) is 5.26 Å². The van der Waals surface area contributed by atoms with Gasteiger partial charge in [-0.15, -0.1) is 0 Å². The monoisotopic (exact) mass is 383 g/mol. The molecule has 0 radical (unpaired) electrons. The molecular weight excluding hydrogens is 358 g/mol. The van der Waals surface area contributed by atoms with Gasteiger partial charge in [-0.25, -0.2) is 0 Å². The SMILES string of the molecule is CCOc1ccc(C(=O)NNC(=O)CCc2c(C)nn(CCC#N)c2C)cc1. The van der Waals surface area contributed by atoms with Crippen molar-refractivity contribution in [2.75, 3.05) is 6.61 Å². The lowest BCUT2D eigenvalue weighted by molar-refractivity contribution is -0.121. The molecule has 0 aliphatic heterocycles. The van der Waals surface area contributed by atoms with E-state index in [-0.39, 0.29) is 12.3 Å². The Hall–Kier alpha value is -3.34. The Kier molecular flexibility index (Phi) is 7.57. The van der Waals surface area contributed by atoms with Crippen molar-refractivity contribution in [2.45, 2.75) is 46.6 Å². The number of aryl methyl sites for hydroxylation is 2. The Morgan fingerprint density at radius 3 is 2.57 bits per heavy atom. The van der Waals surface area contributed by atoms with Crippen molar-refractivity contribution in [2.24, 2.45) is 0 Å². The molecule has 2 aromatic rings. The first-order chi connectivity index (χ1) is 13.5. The van der Waals surface area contributed by atoms with Crippen LogP contribution in [0.25, 0.3) is 0 Å². The van der Waals surface area contributed by atoms with Crippen molar-refractivity contribution in [3.8, 4) is 11.8 Å². The first-order valence-electron chi connectivity index (χ1n) is 9.18. The quantitative estimate of drug-likeness (QED) is 0.679. The van der Waals surface area contributed by atoms with E-state index in [1.165, 1.54) is 0 Å². The van der Waals surface area contributed by atoms with Gasteiger partial charge in [-0.3, -0.25) is 25.1 Å². The summed E-state index contributed by atoms with van der Waals surface area (Å²) < 4.78 is 7.12. The molecule has 0 aliphatic carbocycles. The van der Waals surface area contributed by atoms with Crippen LogP contribution < -0.4 is 15.6 Å². The van der Waals surface area contributed by atoms with Gasteiger partial charge in [-0.05, 0) is 57.0 Å². The Morgan fingerprint density at radius 2 is 1.93 bits per heavy atom. The molecule has 0 saturated carbocycles. The predicted octanol–water partition coefficient (Wildman–Crippen LogP) is 2.21. The van der Waals surface area contributed by atoms with Gasteiger partial charge >= 0.3 is 0 Å². The molecule has 1 heterocycles. The number of hydrogen-bond donors (Lipinski definition) is 2. The van der Waals surface area contributed by atoms with Crippen LogP contribution in [-0.2, 0) is 17.8 Å². The minimum Gasteiger partial charge on any atom is -0.494 e. The largest absolute Gasteiger partial charge is 0.494 e. The Labute approximate surface area is 164 Å². The van der Waals surface area contributed by atoms with E-state index in [4.69, 9.17) is 10.00 Å². The Bertz CT molecular complexity index is 865. The predicted molar refractivity (Wildman–Crippen MR) is 103 cm³/mol. The highest BCUT2D eigenvalue weighted by Crippen LogP contribution is 2.15. The molecular formula is C20H25N5O3. The van der Waals surface area contributed by atoms with Crippen LogP contribution in [0.1, 0.15) is 47.1 Å². The van der Waals surface area contributed by atoms with Crippen LogP contribution in [0.15, 0.2) is 24.3 Å². The lowest BCUT2D eigenvalue weighted by atomic mass is 10.1. The van der Waals surface area contributed by atoms with Gasteiger partial charge in [0.15, 0.2) is 0 Å². The van der Waals surface area contributed by atoms with E-state index >= 15 is 0 Å². The minimum absolute atomic E-state index is 0.217. The van der Waals surface area contributed by atoms with Crippen LogP contribution in [0.5, 0.6) is 5.75 Å². The van der Waals surface area contributed by atoms with E-state index in [2.05, 4.69) is 22.0 Å². The van der Waals surface area contributed by atoms with Crippen LogP contribution in [0.4, 0.5) is 0 Å². The summed E-state index contributed by atoms with van der Waals surface area (Å²) in [5, 5.41) is 13.1. The van der Waals surface area contributed by atoms with E-state index < -0.39 is 5.91 Å². The Morgan fingerprint density at radius 1 is 1.21 bits per heavy atom. The van der Waals surface area contributed by atoms with E-state index in [9.17, 15) is 9.59 Å². The van der Waals surface area contributed by atoms with Gasteiger partial charge < -0.3 is 4.74 Å². The molecule has 2 N–H and O–H groups in total. The van der Waals surface area contributed by atoms with Gasteiger partial charge in [0.2, 0.25) is 5.91 Å². The summed E-state index contributed by atoms with van der Waals surface area (Å²) in [4.78, 5) is 24.2. The maximum absolute atomic E-state index is 12.1. The highest BCUT2D eigenvalue weighted by Gasteiger charge is 2.13. The van der Waals surface area contributed by atoms with Gasteiger partial charge in [0.05, 0.1) is 31.3 Å². The number of hydrogen-bond acceptors (Lipinski definition) is 5. The summed E-state index contributed by atoms with van der Waals surface area (Å²) in [7, 11) is 0. The summed E-state index contributed by atoms with van der Waals surface area (Å²) in [5.74, 6) is 0.0000791. The first kappa shape index (κ1) is 21.0. The van der Waals surface area contributed by atoms with Gasteiger partial charge in [0.1, 0.15) is 5.75 Å². The second-order valence-corrected chi connectivity index (χ2v) is 6.24. The molecule has 148 valence electrons. The van der Waals surface area contributed by atoms with E-state index in [0.29, 0.717) is 37.3 Å². The van der Waals surface area contributed by atoms with Gasteiger partial charge in [0.25, 0.3) is 5.91 Å². The smallest absolute Gasteiger partial charge is 0.269 e. The molecule has 0 fully saturated rings. The number of carbonyl (C=O) groups is 2. The first-order valence-corrected chi connectivity index (χ1v) is 9.18. The lowest BCUT2D eigenvalue weighted by Crippen LogP contribution is -2.41. The molecule has 1 aromatic carbocycles. The molecule has 0 saturated heterocycles. The molecule has 2 amide bonds. The molecule has 0 bridgehead atoms. The van der Waals surface area contributed by atoms with Crippen molar-refractivity contribution in [3.63, 3.8) is 0 Å². The number of nitrogens with one attached hydrogen (secondary N) is 2. The lowest BCUT2D eigenvalue weighted by Gasteiger charge is -2.09. The number of nitriles is 1. The number of rotatable bonds is 8. The molecule has 8 nitrogen and oxygen atoms in total. The Balaban J connectivity index is 1.83. The topological polar surface area (TPSA) is 109 Å². The third kappa shape index (κ3) is 5.58. The number of hydrazine groups is 1. The minimum atomic E-state index is -0.395. The molecule has 1 aromatic heterocycles. The average molecular weight is 383 g/mol. The highest BCUT2D eigenvalue weighted by molar-refractivity contribution is 5.95. The normalized spacial score (nSPS) is 10.2. The van der Waals surface area contributed by atoms with Crippen LogP contribution in [0.2, 0.25) is 0 Å². The summed E-state index contributed by atoms with van der Waals surface area (Å²) in [6, 6.07) is 8.78. The van der Waals surface area contributed by atoms with Crippen molar-refractivity contribution < 1.29 is 14.3 Å². The van der Waals surface area contributed by atoms with Crippen molar-refractivity contribution >= 4 is 11.8 Å². The number of nitrogens with zero attached hydrogens (tertiary/aromatic N) is 3. The number of benzene rings is 1. The van der Waals surface area contributed by atoms with E-state index in [1.54, 1.807) is 28.9 Å². The average Bonchev–Trinajstić information content (AvgIpc) is 2.96. The van der Waals surface area contributed by atoms with Gasteiger partial charge in [-0.2, -0.15) is 10.4 Å². The molecule has 0 aliphatic rings. The van der Waals surface area contributed by atoms with E-state index in [1.807, 2.05) is 20.8 Å². The summed E-state index contributed by atoms with van der Waals surface area (Å²) >= 11 is 0. The number of amides is 2. The molecule has 0 atom stereocenters. The zero-order valence-corrected chi connectivity index (χ0v) is 16.4. The zero-order valence-electron chi connectivity index (χ0n) is 16.4. The third-order valence-corrected chi connectivity index (χ3v) is 4.31. The second-order valence-electron chi connectivity index (χ2n) is 6.24. The van der Waals surface area contributed by atoms with Crippen molar-refractivity contribution in [3.05, 3.63) is 46.8 Å². The molecule has 2 rings (SSSR count). The van der Waals surface area contributed by atoms with E-state index in [0.717, 1.165) is 17.0 Å². The molecule has 28 heavy (non-hydrogen) atoms. The fraction of sp³-hybridized carbons (Fsp3) is 0.400. The number of carbonyl (C=O) groups excluding carboxylic acids is 2. The van der Waals surface area contributed by atoms with Crippen LogP contribution in [0, 0.1) is 25.2 Å². The fourth-order valence-electron chi connectivity index (χ4n) is 2.84. The summed E-state index contributed by atoms with van der Waals surface area (Å²) in [5.41, 5.74) is 8.07. The zero-order chi connectivity index (χ0) is 20.5. The van der Waals surface area contributed by atoms with Crippen LogP contribution in [0.3, 0.4) is 0 Å². The number of aromatic nitrogens is 2. The van der Waals surface area contributed by atoms with Crippen LogP contribution >= 0.6 is 0 Å². The summed E-state index contributed by atoms with van der Waals surface area (Å²) in [6.07, 6.45) is 1.11. The standard InChI is InChI=1S/C20H25N5O3/c1-4-28-17-8-6-16(7-9-17)20(27)23-22-19(26)11-10-18-14(2)24-25(15(18)3)13-5-12-21/h6-9H,4-5,10-11,13H2,1-3H3,(H,22,26)(H,23,27). The van der Waals surface area contributed by atoms with Gasteiger partial charge in [-0.1, -0.05) is 0 Å². The fourth-order valence-corrected chi connectivity index (χ4v) is 2.84. The van der Waals surface area contributed by atoms with Crippen LogP contribution in [-0.4, -0.2) is 28.2 Å². The molecule has 0 unspecified atom stereocenters.